The Morgan fingerprint density at radius 3 is 2.29 bits per heavy atom. The molecule has 0 radical (unpaired) electrons. The Hall–Kier alpha value is -1.30. The van der Waals surface area contributed by atoms with Gasteiger partial charge in [0.1, 0.15) is 0 Å². The first-order chi connectivity index (χ1) is 8.06. The Bertz CT molecular complexity index is 398. The fourth-order valence-electron chi connectivity index (χ4n) is 1.24. The van der Waals surface area contributed by atoms with Crippen molar-refractivity contribution in [1.29, 1.82) is 0 Å². The number of para-hydroxylation sites is 1. The molecule has 0 bridgehead atoms. The highest BCUT2D eigenvalue weighted by Gasteiger charge is 2.25. The molecule has 0 fully saturated rings. The van der Waals surface area contributed by atoms with Crippen LogP contribution in [0, 0.1) is 0 Å². The quantitative estimate of drug-likeness (QED) is 0.783. The molecule has 1 aromatic rings. The average molecular weight is 306 g/mol. The van der Waals surface area contributed by atoms with Gasteiger partial charge < -0.3 is 4.90 Å². The van der Waals surface area contributed by atoms with Gasteiger partial charge in [-0.3, -0.25) is 9.59 Å². The van der Waals surface area contributed by atoms with Gasteiger partial charge in [-0.15, -0.1) is 0 Å². The number of hydrogen-bond donors (Lipinski definition) is 0. The van der Waals surface area contributed by atoms with Gasteiger partial charge in [-0.25, -0.2) is 0 Å². The zero-order valence-corrected chi connectivity index (χ0v) is 10.4. The third-order valence-electron chi connectivity index (χ3n) is 2.00. The van der Waals surface area contributed by atoms with Crippen molar-refractivity contribution in [1.82, 2.24) is 0 Å². The second-order valence-corrected chi connectivity index (χ2v) is 3.79. The predicted octanol–water partition coefficient (Wildman–Crippen LogP) is 2.25. The van der Waals surface area contributed by atoms with Crippen LogP contribution in [0.15, 0.2) is 30.3 Å². The van der Waals surface area contributed by atoms with Crippen LogP contribution < -0.4 is 4.90 Å². The number of nitrogens with zero attached hydrogens (tertiary/aromatic N) is 1. The minimum absolute atomic E-state index is 0.0207. The number of benzene rings is 1. The highest BCUT2D eigenvalue weighted by Crippen LogP contribution is 2.16. The summed E-state index contributed by atoms with van der Waals surface area (Å²) in [5.74, 6) is -1.71. The lowest BCUT2D eigenvalue weighted by molar-refractivity contribution is -0.130. The molecule has 3 nitrogen and oxygen atoms in total. The maximum absolute atomic E-state index is 12.4. The number of ketones is 1. The number of carbonyl (C=O) groups excluding carboxylic acids is 2. The van der Waals surface area contributed by atoms with Gasteiger partial charge in [-0.05, 0) is 12.1 Å². The van der Waals surface area contributed by atoms with Crippen LogP contribution >= 0.6 is 15.9 Å². The summed E-state index contributed by atoms with van der Waals surface area (Å²) in [7, 11) is 0. The maximum atomic E-state index is 12.4. The number of rotatable bonds is 5. The van der Waals surface area contributed by atoms with Crippen molar-refractivity contribution in [2.45, 2.75) is 6.43 Å². The second-order valence-electron chi connectivity index (χ2n) is 3.23. The van der Waals surface area contributed by atoms with Gasteiger partial charge in [0.2, 0.25) is 0 Å². The summed E-state index contributed by atoms with van der Waals surface area (Å²) < 4.78 is 24.8. The maximum Gasteiger partial charge on any atom is 0.316 e. The molecule has 0 aliphatic rings. The van der Waals surface area contributed by atoms with Gasteiger partial charge in [-0.2, -0.15) is 8.78 Å². The lowest BCUT2D eigenvalue weighted by atomic mass is 10.2. The fraction of sp³-hybridized carbons (Fsp3) is 0.273. The molecule has 0 N–H and O–H groups in total. The zero-order chi connectivity index (χ0) is 12.8. The van der Waals surface area contributed by atoms with Crippen molar-refractivity contribution in [2.75, 3.05) is 16.8 Å². The summed E-state index contributed by atoms with van der Waals surface area (Å²) in [6.45, 7) is -0.363. The van der Waals surface area contributed by atoms with E-state index in [4.69, 9.17) is 0 Å². The first-order valence-corrected chi connectivity index (χ1v) is 5.90. The molecule has 0 saturated heterocycles. The van der Waals surface area contributed by atoms with Crippen molar-refractivity contribution in [2.24, 2.45) is 0 Å². The van der Waals surface area contributed by atoms with Gasteiger partial charge in [0, 0.05) is 5.69 Å². The number of halogens is 3. The number of hydrogen-bond acceptors (Lipinski definition) is 2. The highest BCUT2D eigenvalue weighted by molar-refractivity contribution is 9.09. The van der Waals surface area contributed by atoms with E-state index in [2.05, 4.69) is 15.9 Å². The fourth-order valence-corrected chi connectivity index (χ4v) is 1.42. The summed E-state index contributed by atoms with van der Waals surface area (Å²) >= 11 is 2.93. The van der Waals surface area contributed by atoms with Crippen molar-refractivity contribution < 1.29 is 18.4 Å². The van der Waals surface area contributed by atoms with Crippen LogP contribution in [0.2, 0.25) is 0 Å². The molecule has 0 aliphatic carbocycles. The van der Waals surface area contributed by atoms with E-state index in [1.165, 1.54) is 12.1 Å². The van der Waals surface area contributed by atoms with Gasteiger partial charge in [0.25, 0.3) is 5.91 Å². The molecule has 6 heteroatoms. The lowest BCUT2D eigenvalue weighted by Gasteiger charge is -2.21. The van der Waals surface area contributed by atoms with Gasteiger partial charge in [0.15, 0.2) is 5.78 Å². The molecule has 0 aromatic heterocycles. The molecular formula is C11H10BrF2NO2. The number of carbonyl (C=O) groups is 2. The molecule has 92 valence electrons. The molecule has 0 aliphatic heterocycles. The second kappa shape index (κ2) is 6.44. The Kier molecular flexibility index (Phi) is 5.21. The largest absolute Gasteiger partial charge is 0.316 e. The van der Waals surface area contributed by atoms with Crippen LogP contribution in [-0.2, 0) is 9.59 Å². The van der Waals surface area contributed by atoms with E-state index in [0.29, 0.717) is 0 Å². The Balaban J connectivity index is 2.94. The smallest absolute Gasteiger partial charge is 0.300 e. The Labute approximate surface area is 106 Å². The summed E-state index contributed by atoms with van der Waals surface area (Å²) in [6, 6.07) is 7.92. The van der Waals surface area contributed by atoms with Gasteiger partial charge in [0.05, 0.1) is 11.9 Å². The van der Waals surface area contributed by atoms with E-state index in [0.717, 1.165) is 4.90 Å². The lowest BCUT2D eigenvalue weighted by Crippen LogP contribution is -2.39. The highest BCUT2D eigenvalue weighted by atomic mass is 79.9. The molecule has 17 heavy (non-hydrogen) atoms. The van der Waals surface area contributed by atoms with Crippen LogP contribution in [0.5, 0.6) is 0 Å². The number of alkyl halides is 3. The molecule has 0 spiro atoms. The van der Waals surface area contributed by atoms with Crippen LogP contribution in [0.25, 0.3) is 0 Å². The Morgan fingerprint density at radius 2 is 1.82 bits per heavy atom. The average Bonchev–Trinajstić information content (AvgIpc) is 2.35. The summed E-state index contributed by atoms with van der Waals surface area (Å²) in [5.41, 5.74) is 0.284. The monoisotopic (exact) mass is 305 g/mol. The van der Waals surface area contributed by atoms with E-state index < -0.39 is 12.3 Å². The molecule has 0 heterocycles. The molecular weight excluding hydrogens is 296 g/mol. The molecule has 0 atom stereocenters. The third kappa shape index (κ3) is 3.89. The van der Waals surface area contributed by atoms with Gasteiger partial charge in [-0.1, -0.05) is 34.1 Å². The molecule has 1 aromatic carbocycles. The SMILES string of the molecule is O=C(CBr)CN(C(=O)C(F)F)c1ccccc1. The van der Waals surface area contributed by atoms with Crippen molar-refractivity contribution in [3.05, 3.63) is 30.3 Å². The van der Waals surface area contributed by atoms with Crippen LogP contribution in [-0.4, -0.2) is 30.0 Å². The van der Waals surface area contributed by atoms with E-state index in [9.17, 15) is 18.4 Å². The van der Waals surface area contributed by atoms with Crippen molar-refractivity contribution in [3.63, 3.8) is 0 Å². The van der Waals surface area contributed by atoms with E-state index in [1.54, 1.807) is 18.2 Å². The molecule has 0 unspecified atom stereocenters. The standard InChI is InChI=1S/C11H10BrF2NO2/c12-6-9(16)7-15(11(17)10(13)14)8-4-2-1-3-5-8/h1-5,10H,6-7H2. The molecule has 1 amide bonds. The summed E-state index contributed by atoms with van der Waals surface area (Å²) in [5, 5.41) is 0.0207. The molecule has 1 rings (SSSR count). The van der Waals surface area contributed by atoms with E-state index in [-0.39, 0.29) is 23.3 Å². The van der Waals surface area contributed by atoms with Crippen molar-refractivity contribution >= 4 is 33.3 Å². The molecule has 0 saturated carbocycles. The Morgan fingerprint density at radius 1 is 1.24 bits per heavy atom. The first-order valence-electron chi connectivity index (χ1n) is 4.78. The normalized spacial score (nSPS) is 10.4. The number of anilines is 1. The first kappa shape index (κ1) is 13.8. The minimum atomic E-state index is -3.13. The van der Waals surface area contributed by atoms with E-state index in [1.807, 2.05) is 0 Å². The summed E-state index contributed by atoms with van der Waals surface area (Å²) in [6.07, 6.45) is -3.13. The van der Waals surface area contributed by atoms with Gasteiger partial charge >= 0.3 is 6.43 Å². The van der Waals surface area contributed by atoms with Crippen LogP contribution in [0.3, 0.4) is 0 Å². The van der Waals surface area contributed by atoms with E-state index >= 15 is 0 Å². The van der Waals surface area contributed by atoms with Crippen LogP contribution in [0.4, 0.5) is 14.5 Å². The number of Topliss-reactive ketones (excluding diaryl/α,β-unsaturated/α-hetero) is 1. The summed E-state index contributed by atoms with van der Waals surface area (Å²) in [4.78, 5) is 23.3. The van der Waals surface area contributed by atoms with Crippen LogP contribution in [0.1, 0.15) is 0 Å². The topological polar surface area (TPSA) is 37.4 Å². The zero-order valence-electron chi connectivity index (χ0n) is 8.78. The predicted molar refractivity (Wildman–Crippen MR) is 63.6 cm³/mol. The van der Waals surface area contributed by atoms with Crippen molar-refractivity contribution in [3.8, 4) is 0 Å². The third-order valence-corrected chi connectivity index (χ3v) is 2.63. The number of amides is 1. The minimum Gasteiger partial charge on any atom is -0.300 e.